The van der Waals surface area contributed by atoms with Gasteiger partial charge >= 0.3 is 0 Å². The highest BCUT2D eigenvalue weighted by molar-refractivity contribution is 5.94. The maximum absolute atomic E-state index is 12.7. The summed E-state index contributed by atoms with van der Waals surface area (Å²) in [6.07, 6.45) is 13.9. The van der Waals surface area contributed by atoms with Crippen LogP contribution in [0, 0.1) is 0 Å². The van der Waals surface area contributed by atoms with Crippen molar-refractivity contribution >= 4 is 16.9 Å². The van der Waals surface area contributed by atoms with Gasteiger partial charge in [0.1, 0.15) is 5.82 Å². The zero-order valence-electron chi connectivity index (χ0n) is 22.4. The van der Waals surface area contributed by atoms with Crippen molar-refractivity contribution in [3.05, 3.63) is 53.9 Å². The molecule has 0 saturated carbocycles. The molecule has 0 atom stereocenters. The minimum atomic E-state index is -0.131. The lowest BCUT2D eigenvalue weighted by Crippen LogP contribution is -2.26. The molecule has 0 aliphatic carbocycles. The Balaban J connectivity index is 1.49. The number of rotatable bonds is 17. The second kappa shape index (κ2) is 15.2. The van der Waals surface area contributed by atoms with Crippen LogP contribution in [0.4, 0.5) is 0 Å². The number of aryl methyl sites for hydroxylation is 1. The topological polar surface area (TPSA) is 65.4 Å². The Morgan fingerprint density at radius 1 is 0.861 bits per heavy atom. The first-order valence-electron chi connectivity index (χ1n) is 13.6. The molecule has 0 fully saturated rings. The summed E-state index contributed by atoms with van der Waals surface area (Å²) in [7, 11) is 3.15. The number of unbranched alkanes of at least 4 members (excludes halogenated alkanes) is 9. The Labute approximate surface area is 216 Å². The van der Waals surface area contributed by atoms with Crippen molar-refractivity contribution in [1.29, 1.82) is 0 Å². The Hall–Kier alpha value is -3.02. The van der Waals surface area contributed by atoms with Crippen LogP contribution in [0.5, 0.6) is 11.5 Å². The number of nitrogens with one attached hydrogen (secondary N) is 1. The van der Waals surface area contributed by atoms with Gasteiger partial charge < -0.3 is 19.4 Å². The Morgan fingerprint density at radius 3 is 2.22 bits per heavy atom. The molecule has 0 saturated heterocycles. The summed E-state index contributed by atoms with van der Waals surface area (Å²) in [6, 6.07) is 13.5. The molecule has 0 aliphatic heterocycles. The van der Waals surface area contributed by atoms with Crippen LogP contribution in [-0.2, 0) is 13.0 Å². The molecule has 3 aromatic rings. The van der Waals surface area contributed by atoms with E-state index in [0.29, 0.717) is 30.0 Å². The molecule has 1 amide bonds. The van der Waals surface area contributed by atoms with Crippen molar-refractivity contribution in [2.24, 2.45) is 0 Å². The van der Waals surface area contributed by atoms with Crippen molar-refractivity contribution in [2.45, 2.75) is 84.1 Å². The van der Waals surface area contributed by atoms with Crippen LogP contribution in [0.2, 0.25) is 0 Å². The quantitative estimate of drug-likeness (QED) is 0.207. The maximum Gasteiger partial charge on any atom is 0.251 e. The van der Waals surface area contributed by atoms with Gasteiger partial charge in [0.2, 0.25) is 0 Å². The van der Waals surface area contributed by atoms with Crippen LogP contribution in [-0.4, -0.2) is 36.2 Å². The van der Waals surface area contributed by atoms with Gasteiger partial charge in [-0.05, 0) is 36.8 Å². The Bertz CT molecular complexity index is 1080. The van der Waals surface area contributed by atoms with Crippen LogP contribution in [0.15, 0.2) is 42.5 Å². The number of nitrogens with zero attached hydrogens (tertiary/aromatic N) is 2. The van der Waals surface area contributed by atoms with Crippen LogP contribution in [0.25, 0.3) is 11.0 Å². The number of hydrogen-bond acceptors (Lipinski definition) is 4. The van der Waals surface area contributed by atoms with Crippen LogP contribution in [0.1, 0.15) is 87.3 Å². The van der Waals surface area contributed by atoms with E-state index >= 15 is 0 Å². The number of imidazole rings is 1. The molecule has 0 radical (unpaired) electrons. The lowest BCUT2D eigenvalue weighted by Gasteiger charge is -2.11. The number of carbonyl (C=O) groups excluding carboxylic acids is 1. The SMILES string of the molecule is CCCCCCCCCCCCn1c(CCNC(=O)c2ccc(OC)c(OC)c2)nc2ccccc21. The van der Waals surface area contributed by atoms with Crippen molar-refractivity contribution in [1.82, 2.24) is 14.9 Å². The Kier molecular flexibility index (Phi) is 11.6. The molecule has 196 valence electrons. The predicted octanol–water partition coefficient (Wildman–Crippen LogP) is 6.95. The number of amides is 1. The van der Waals surface area contributed by atoms with E-state index in [9.17, 15) is 4.79 Å². The number of fused-ring (bicyclic) bond motifs is 1. The molecule has 0 unspecified atom stereocenters. The van der Waals surface area contributed by atoms with Gasteiger partial charge in [-0.25, -0.2) is 4.98 Å². The molecule has 0 aliphatic rings. The maximum atomic E-state index is 12.7. The van der Waals surface area contributed by atoms with E-state index in [1.54, 1.807) is 32.4 Å². The lowest BCUT2D eigenvalue weighted by atomic mass is 10.1. The smallest absolute Gasteiger partial charge is 0.251 e. The first-order chi connectivity index (χ1) is 17.7. The molecule has 36 heavy (non-hydrogen) atoms. The van der Waals surface area contributed by atoms with Gasteiger partial charge in [0, 0.05) is 25.1 Å². The highest BCUT2D eigenvalue weighted by Crippen LogP contribution is 2.27. The summed E-state index contributed by atoms with van der Waals surface area (Å²) < 4.78 is 12.9. The standard InChI is InChI=1S/C30H43N3O3/c1-4-5-6-7-8-9-10-11-12-15-22-33-26-17-14-13-16-25(26)32-29(33)20-21-31-30(34)24-18-19-27(35-2)28(23-24)36-3/h13-14,16-19,23H,4-12,15,20-22H2,1-3H3,(H,31,34). The third kappa shape index (κ3) is 8.00. The third-order valence-corrected chi connectivity index (χ3v) is 6.75. The highest BCUT2D eigenvalue weighted by Gasteiger charge is 2.13. The number of hydrogen-bond donors (Lipinski definition) is 1. The van der Waals surface area contributed by atoms with E-state index in [1.807, 2.05) is 6.07 Å². The van der Waals surface area contributed by atoms with Crippen LogP contribution in [0.3, 0.4) is 0 Å². The molecule has 6 heteroatoms. The lowest BCUT2D eigenvalue weighted by molar-refractivity contribution is 0.0953. The van der Waals surface area contributed by atoms with Gasteiger partial charge in [0.05, 0.1) is 25.3 Å². The van der Waals surface area contributed by atoms with Crippen molar-refractivity contribution in [3.8, 4) is 11.5 Å². The van der Waals surface area contributed by atoms with Crippen LogP contribution >= 0.6 is 0 Å². The summed E-state index contributed by atoms with van der Waals surface area (Å²) in [4.78, 5) is 17.6. The first-order valence-corrected chi connectivity index (χ1v) is 13.6. The van der Waals surface area contributed by atoms with Gasteiger partial charge in [0.25, 0.3) is 5.91 Å². The minimum Gasteiger partial charge on any atom is -0.493 e. The third-order valence-electron chi connectivity index (χ3n) is 6.75. The number of methoxy groups -OCH3 is 2. The van der Waals surface area contributed by atoms with Crippen molar-refractivity contribution in [2.75, 3.05) is 20.8 Å². The molecule has 1 N–H and O–H groups in total. The highest BCUT2D eigenvalue weighted by atomic mass is 16.5. The second-order valence-corrected chi connectivity index (χ2v) is 9.43. The zero-order valence-corrected chi connectivity index (χ0v) is 22.4. The number of benzene rings is 2. The molecule has 0 spiro atoms. The molecule has 3 rings (SSSR count). The average molecular weight is 494 g/mol. The van der Waals surface area contributed by atoms with E-state index in [0.717, 1.165) is 24.3 Å². The summed E-state index contributed by atoms with van der Waals surface area (Å²) in [6.45, 7) is 3.76. The fourth-order valence-electron chi connectivity index (χ4n) is 4.69. The first kappa shape index (κ1) is 27.6. The molecular formula is C30H43N3O3. The van der Waals surface area contributed by atoms with E-state index < -0.39 is 0 Å². The van der Waals surface area contributed by atoms with Gasteiger partial charge in [0.15, 0.2) is 11.5 Å². The van der Waals surface area contributed by atoms with E-state index in [2.05, 4.69) is 35.0 Å². The number of para-hydroxylation sites is 2. The van der Waals surface area contributed by atoms with Crippen molar-refractivity contribution in [3.63, 3.8) is 0 Å². The van der Waals surface area contributed by atoms with E-state index in [-0.39, 0.29) is 5.91 Å². The van der Waals surface area contributed by atoms with E-state index in [1.165, 1.54) is 63.3 Å². The van der Waals surface area contributed by atoms with Gasteiger partial charge in [-0.3, -0.25) is 4.79 Å². The van der Waals surface area contributed by atoms with Gasteiger partial charge in [-0.15, -0.1) is 0 Å². The molecule has 1 aromatic heterocycles. The van der Waals surface area contributed by atoms with Crippen molar-refractivity contribution < 1.29 is 14.3 Å². The number of ether oxygens (including phenoxy) is 2. The number of carbonyl (C=O) groups is 1. The summed E-state index contributed by atoms with van der Waals surface area (Å²) in [5, 5.41) is 3.03. The summed E-state index contributed by atoms with van der Waals surface area (Å²) in [5.74, 6) is 2.05. The van der Waals surface area contributed by atoms with Crippen LogP contribution < -0.4 is 14.8 Å². The second-order valence-electron chi connectivity index (χ2n) is 9.43. The van der Waals surface area contributed by atoms with E-state index in [4.69, 9.17) is 14.5 Å². The molecule has 6 nitrogen and oxygen atoms in total. The monoisotopic (exact) mass is 493 g/mol. The summed E-state index contributed by atoms with van der Waals surface area (Å²) in [5.41, 5.74) is 2.74. The fourth-order valence-corrected chi connectivity index (χ4v) is 4.69. The number of aromatic nitrogens is 2. The Morgan fingerprint density at radius 2 is 1.53 bits per heavy atom. The average Bonchev–Trinajstić information content (AvgIpc) is 3.26. The molecule has 1 heterocycles. The molecular weight excluding hydrogens is 450 g/mol. The van der Waals surface area contributed by atoms with Gasteiger partial charge in [-0.1, -0.05) is 76.8 Å². The minimum absolute atomic E-state index is 0.131. The normalized spacial score (nSPS) is 11.1. The fraction of sp³-hybridized carbons (Fsp3) is 0.533. The zero-order chi connectivity index (χ0) is 25.6. The largest absolute Gasteiger partial charge is 0.493 e. The molecule has 2 aromatic carbocycles. The summed E-state index contributed by atoms with van der Waals surface area (Å²) >= 11 is 0. The molecule has 0 bridgehead atoms. The predicted molar refractivity (Wildman–Crippen MR) is 147 cm³/mol. The van der Waals surface area contributed by atoms with Gasteiger partial charge in [-0.2, -0.15) is 0 Å².